The second-order valence-corrected chi connectivity index (χ2v) is 5.16. The first-order valence-corrected chi connectivity index (χ1v) is 6.81. The SMILES string of the molecule is N#C/C(=C\c1ccccc1I)c1ccc([N+](=O)[O-])cc1. The molecule has 0 aliphatic carbocycles. The van der Waals surface area contributed by atoms with Crippen LogP contribution in [0.4, 0.5) is 5.69 Å². The lowest BCUT2D eigenvalue weighted by molar-refractivity contribution is -0.384. The van der Waals surface area contributed by atoms with Crippen molar-refractivity contribution >= 4 is 39.9 Å². The zero-order chi connectivity index (χ0) is 14.5. The molecule has 0 spiro atoms. The zero-order valence-electron chi connectivity index (χ0n) is 10.3. The number of hydrogen-bond donors (Lipinski definition) is 0. The van der Waals surface area contributed by atoms with E-state index in [9.17, 15) is 15.4 Å². The Morgan fingerprint density at radius 2 is 1.85 bits per heavy atom. The number of nitriles is 1. The van der Waals surface area contributed by atoms with Crippen molar-refractivity contribution in [2.24, 2.45) is 0 Å². The smallest absolute Gasteiger partial charge is 0.258 e. The van der Waals surface area contributed by atoms with Crippen LogP contribution in [0.15, 0.2) is 48.5 Å². The molecule has 2 aromatic carbocycles. The maximum Gasteiger partial charge on any atom is 0.269 e. The Kier molecular flexibility index (Phi) is 4.48. The predicted octanol–water partition coefficient (Wildman–Crippen LogP) is 4.26. The van der Waals surface area contributed by atoms with Crippen LogP contribution in [0.25, 0.3) is 11.6 Å². The van der Waals surface area contributed by atoms with Gasteiger partial charge in [0.15, 0.2) is 0 Å². The highest BCUT2D eigenvalue weighted by Crippen LogP contribution is 2.22. The van der Waals surface area contributed by atoms with Crippen molar-refractivity contribution in [3.05, 3.63) is 73.3 Å². The van der Waals surface area contributed by atoms with Crippen molar-refractivity contribution in [3.63, 3.8) is 0 Å². The third-order valence-electron chi connectivity index (χ3n) is 2.71. The van der Waals surface area contributed by atoms with Crippen molar-refractivity contribution < 1.29 is 4.92 Å². The van der Waals surface area contributed by atoms with Crippen LogP contribution in [0, 0.1) is 25.0 Å². The summed E-state index contributed by atoms with van der Waals surface area (Å²) in [5.41, 5.74) is 2.10. The lowest BCUT2D eigenvalue weighted by Gasteiger charge is -2.01. The third-order valence-corrected chi connectivity index (χ3v) is 3.70. The minimum atomic E-state index is -0.459. The van der Waals surface area contributed by atoms with E-state index in [0.29, 0.717) is 11.1 Å². The van der Waals surface area contributed by atoms with Gasteiger partial charge in [-0.25, -0.2) is 0 Å². The molecule has 0 aromatic heterocycles. The van der Waals surface area contributed by atoms with Crippen LogP contribution in [0.3, 0.4) is 0 Å². The second kappa shape index (κ2) is 6.30. The first-order chi connectivity index (χ1) is 9.61. The summed E-state index contributed by atoms with van der Waals surface area (Å²) >= 11 is 2.20. The highest BCUT2D eigenvalue weighted by atomic mass is 127. The molecular weight excluding hydrogens is 367 g/mol. The lowest BCUT2D eigenvalue weighted by Crippen LogP contribution is -1.89. The number of nitro groups is 1. The largest absolute Gasteiger partial charge is 0.269 e. The van der Waals surface area contributed by atoms with Crippen LogP contribution in [0.5, 0.6) is 0 Å². The van der Waals surface area contributed by atoms with Gasteiger partial charge in [0.25, 0.3) is 5.69 Å². The van der Waals surface area contributed by atoms with Crippen molar-refractivity contribution in [2.75, 3.05) is 0 Å². The molecule has 0 fully saturated rings. The normalized spacial score (nSPS) is 10.9. The molecule has 0 saturated heterocycles. The Labute approximate surface area is 129 Å². The number of halogens is 1. The molecule has 20 heavy (non-hydrogen) atoms. The fourth-order valence-corrected chi connectivity index (χ4v) is 2.23. The van der Waals surface area contributed by atoms with Gasteiger partial charge in [0.05, 0.1) is 16.6 Å². The van der Waals surface area contributed by atoms with Gasteiger partial charge in [-0.15, -0.1) is 0 Å². The van der Waals surface area contributed by atoms with Crippen LogP contribution in [-0.2, 0) is 0 Å². The summed E-state index contributed by atoms with van der Waals surface area (Å²) in [5, 5.41) is 19.9. The summed E-state index contributed by atoms with van der Waals surface area (Å²) in [6.45, 7) is 0. The van der Waals surface area contributed by atoms with E-state index in [1.54, 1.807) is 18.2 Å². The van der Waals surface area contributed by atoms with E-state index in [1.165, 1.54) is 12.1 Å². The highest BCUT2D eigenvalue weighted by molar-refractivity contribution is 14.1. The topological polar surface area (TPSA) is 66.9 Å². The fraction of sp³-hybridized carbons (Fsp3) is 0. The Morgan fingerprint density at radius 3 is 2.40 bits per heavy atom. The van der Waals surface area contributed by atoms with Gasteiger partial charge in [-0.2, -0.15) is 5.26 Å². The van der Waals surface area contributed by atoms with Crippen LogP contribution in [0.2, 0.25) is 0 Å². The predicted molar refractivity (Wildman–Crippen MR) is 85.7 cm³/mol. The summed E-state index contributed by atoms with van der Waals surface area (Å²) in [4.78, 5) is 10.2. The molecule has 2 rings (SSSR count). The average Bonchev–Trinajstić information content (AvgIpc) is 2.46. The van der Waals surface area contributed by atoms with Crippen molar-refractivity contribution in [1.82, 2.24) is 0 Å². The Bertz CT molecular complexity index is 715. The highest BCUT2D eigenvalue weighted by Gasteiger charge is 2.07. The number of benzene rings is 2. The molecule has 0 saturated carbocycles. The minimum absolute atomic E-state index is 0.0142. The molecule has 0 heterocycles. The van der Waals surface area contributed by atoms with Gasteiger partial charge in [0, 0.05) is 15.7 Å². The van der Waals surface area contributed by atoms with E-state index >= 15 is 0 Å². The summed E-state index contributed by atoms with van der Waals surface area (Å²) in [5.74, 6) is 0. The third kappa shape index (κ3) is 3.22. The van der Waals surface area contributed by atoms with Crippen LogP contribution < -0.4 is 0 Å². The fourth-order valence-electron chi connectivity index (χ4n) is 1.69. The molecule has 4 nitrogen and oxygen atoms in total. The zero-order valence-corrected chi connectivity index (χ0v) is 12.4. The quantitative estimate of drug-likeness (QED) is 0.264. The maximum atomic E-state index is 10.6. The molecule has 0 amide bonds. The Morgan fingerprint density at radius 1 is 1.20 bits per heavy atom. The minimum Gasteiger partial charge on any atom is -0.258 e. The molecule has 2 aromatic rings. The van der Waals surface area contributed by atoms with E-state index in [1.807, 2.05) is 24.3 Å². The summed E-state index contributed by atoms with van der Waals surface area (Å²) in [7, 11) is 0. The summed E-state index contributed by atoms with van der Waals surface area (Å²) in [6.07, 6.45) is 1.78. The van der Waals surface area contributed by atoms with Gasteiger partial charge in [0.1, 0.15) is 0 Å². The molecule has 0 N–H and O–H groups in total. The number of allylic oxidation sites excluding steroid dienone is 1. The molecule has 0 bridgehead atoms. The van der Waals surface area contributed by atoms with Crippen LogP contribution in [-0.4, -0.2) is 4.92 Å². The van der Waals surface area contributed by atoms with Gasteiger partial charge in [-0.3, -0.25) is 10.1 Å². The number of non-ortho nitro benzene ring substituents is 1. The first-order valence-electron chi connectivity index (χ1n) is 5.73. The number of rotatable bonds is 3. The molecule has 98 valence electrons. The van der Waals surface area contributed by atoms with E-state index in [4.69, 9.17) is 0 Å². The second-order valence-electron chi connectivity index (χ2n) is 4.00. The monoisotopic (exact) mass is 376 g/mol. The maximum absolute atomic E-state index is 10.6. The van der Waals surface area contributed by atoms with E-state index in [-0.39, 0.29) is 5.69 Å². The van der Waals surface area contributed by atoms with Gasteiger partial charge in [-0.1, -0.05) is 18.2 Å². The first kappa shape index (κ1) is 14.2. The van der Waals surface area contributed by atoms with Crippen LogP contribution in [0.1, 0.15) is 11.1 Å². The standard InChI is InChI=1S/C15H9IN2O2/c16-15-4-2-1-3-12(15)9-13(10-17)11-5-7-14(8-6-11)18(19)20/h1-9H/b13-9+. The molecule has 0 unspecified atom stereocenters. The Balaban J connectivity index is 2.41. The average molecular weight is 376 g/mol. The molecule has 0 atom stereocenters. The molecule has 0 aliphatic rings. The van der Waals surface area contributed by atoms with Crippen molar-refractivity contribution in [3.8, 4) is 6.07 Å². The van der Waals surface area contributed by atoms with E-state index in [2.05, 4.69) is 28.7 Å². The number of nitrogens with zero attached hydrogens (tertiary/aromatic N) is 2. The molecular formula is C15H9IN2O2. The Hall–Kier alpha value is -2.20. The number of hydrogen-bond acceptors (Lipinski definition) is 3. The van der Waals surface area contributed by atoms with Gasteiger partial charge in [-0.05, 0) is 58.0 Å². The lowest BCUT2D eigenvalue weighted by atomic mass is 10.0. The van der Waals surface area contributed by atoms with Crippen molar-refractivity contribution in [2.45, 2.75) is 0 Å². The molecule has 0 radical (unpaired) electrons. The molecule has 0 aliphatic heterocycles. The van der Waals surface area contributed by atoms with Crippen molar-refractivity contribution in [1.29, 1.82) is 5.26 Å². The van der Waals surface area contributed by atoms with Gasteiger partial charge >= 0.3 is 0 Å². The summed E-state index contributed by atoms with van der Waals surface area (Å²) in [6, 6.07) is 15.8. The molecule has 5 heteroatoms. The van der Waals surface area contributed by atoms with E-state index < -0.39 is 4.92 Å². The summed E-state index contributed by atoms with van der Waals surface area (Å²) < 4.78 is 1.04. The van der Waals surface area contributed by atoms with E-state index in [0.717, 1.165) is 9.13 Å². The van der Waals surface area contributed by atoms with Gasteiger partial charge in [0.2, 0.25) is 0 Å². The van der Waals surface area contributed by atoms with Gasteiger partial charge < -0.3 is 0 Å². The van der Waals surface area contributed by atoms with Crippen LogP contribution >= 0.6 is 22.6 Å². The number of nitro benzene ring substituents is 1.